The van der Waals surface area contributed by atoms with E-state index in [9.17, 15) is 9.18 Å². The van der Waals surface area contributed by atoms with Crippen molar-refractivity contribution in [3.63, 3.8) is 0 Å². The molecule has 5 nitrogen and oxygen atoms in total. The second kappa shape index (κ2) is 6.89. The number of methoxy groups -OCH3 is 1. The summed E-state index contributed by atoms with van der Waals surface area (Å²) in [5, 5.41) is 2.54. The van der Waals surface area contributed by atoms with E-state index < -0.39 is 11.9 Å². The van der Waals surface area contributed by atoms with Gasteiger partial charge in [0, 0.05) is 17.3 Å². The number of para-hydroxylation sites is 1. The smallest absolute Gasteiger partial charge is 0.413 e. The molecule has 0 saturated heterocycles. The first-order valence-corrected chi connectivity index (χ1v) is 6.72. The molecule has 0 radical (unpaired) electrons. The molecule has 22 heavy (non-hydrogen) atoms. The monoisotopic (exact) mass is 304 g/mol. The standard InChI is InChI=1S/C16H17FN2O3/c1-10-8-18-13(11(2)15(10)21-3)9-19-16(20)22-14-7-5-4-6-12(14)17/h4-8H,9H2,1-3H3,(H,19,20). The van der Waals surface area contributed by atoms with Gasteiger partial charge in [-0.3, -0.25) is 4.98 Å². The van der Waals surface area contributed by atoms with Crippen molar-refractivity contribution in [2.24, 2.45) is 0 Å². The van der Waals surface area contributed by atoms with Crippen molar-refractivity contribution in [2.75, 3.05) is 7.11 Å². The Morgan fingerprint density at radius 3 is 2.73 bits per heavy atom. The first-order valence-electron chi connectivity index (χ1n) is 6.72. The molecule has 0 aliphatic rings. The van der Waals surface area contributed by atoms with Crippen molar-refractivity contribution >= 4 is 6.09 Å². The lowest BCUT2D eigenvalue weighted by Crippen LogP contribution is -2.27. The highest BCUT2D eigenvalue weighted by molar-refractivity contribution is 5.70. The van der Waals surface area contributed by atoms with Crippen LogP contribution in [0.3, 0.4) is 0 Å². The second-order valence-corrected chi connectivity index (χ2v) is 4.72. The third kappa shape index (κ3) is 3.52. The highest BCUT2D eigenvalue weighted by Gasteiger charge is 2.12. The van der Waals surface area contributed by atoms with Gasteiger partial charge in [0.15, 0.2) is 11.6 Å². The number of pyridine rings is 1. The lowest BCUT2D eigenvalue weighted by Gasteiger charge is -2.13. The quantitative estimate of drug-likeness (QED) is 0.942. The summed E-state index contributed by atoms with van der Waals surface area (Å²) in [5.41, 5.74) is 2.42. The number of hydrogen-bond donors (Lipinski definition) is 1. The molecule has 0 saturated carbocycles. The lowest BCUT2D eigenvalue weighted by atomic mass is 10.1. The van der Waals surface area contributed by atoms with E-state index in [1.165, 1.54) is 18.2 Å². The molecule has 2 aromatic rings. The number of hydrogen-bond acceptors (Lipinski definition) is 4. The van der Waals surface area contributed by atoms with Gasteiger partial charge in [-0.25, -0.2) is 9.18 Å². The zero-order chi connectivity index (χ0) is 16.1. The number of carbonyl (C=O) groups excluding carboxylic acids is 1. The van der Waals surface area contributed by atoms with Crippen LogP contribution >= 0.6 is 0 Å². The van der Waals surface area contributed by atoms with Crippen LogP contribution in [0, 0.1) is 19.7 Å². The van der Waals surface area contributed by atoms with Crippen molar-refractivity contribution in [3.05, 3.63) is 53.1 Å². The van der Waals surface area contributed by atoms with E-state index in [0.29, 0.717) is 5.69 Å². The van der Waals surface area contributed by atoms with Crippen LogP contribution in [-0.2, 0) is 6.54 Å². The number of amides is 1. The Bertz CT molecular complexity index is 689. The molecule has 0 fully saturated rings. The SMILES string of the molecule is COc1c(C)cnc(CNC(=O)Oc2ccccc2F)c1C. The maximum absolute atomic E-state index is 13.4. The van der Waals surface area contributed by atoms with Crippen LogP contribution in [0.25, 0.3) is 0 Å². The van der Waals surface area contributed by atoms with Gasteiger partial charge in [0.05, 0.1) is 19.3 Å². The summed E-state index contributed by atoms with van der Waals surface area (Å²) in [5.74, 6) is 0.0180. The van der Waals surface area contributed by atoms with Crippen molar-refractivity contribution in [1.82, 2.24) is 10.3 Å². The third-order valence-electron chi connectivity index (χ3n) is 3.19. The van der Waals surface area contributed by atoms with Gasteiger partial charge >= 0.3 is 6.09 Å². The maximum Gasteiger partial charge on any atom is 0.413 e. The Morgan fingerprint density at radius 2 is 2.05 bits per heavy atom. The van der Waals surface area contributed by atoms with E-state index in [-0.39, 0.29) is 12.3 Å². The number of aryl methyl sites for hydroxylation is 1. The molecule has 1 aromatic carbocycles. The van der Waals surface area contributed by atoms with Gasteiger partial charge in [-0.1, -0.05) is 12.1 Å². The molecular weight excluding hydrogens is 287 g/mol. The van der Waals surface area contributed by atoms with Gasteiger partial charge in [-0.2, -0.15) is 0 Å². The number of carbonyl (C=O) groups is 1. The summed E-state index contributed by atoms with van der Waals surface area (Å²) >= 11 is 0. The summed E-state index contributed by atoms with van der Waals surface area (Å²) in [6.45, 7) is 3.91. The first kappa shape index (κ1) is 15.8. The maximum atomic E-state index is 13.4. The average Bonchev–Trinajstić information content (AvgIpc) is 2.49. The Morgan fingerprint density at radius 1 is 1.32 bits per heavy atom. The highest BCUT2D eigenvalue weighted by atomic mass is 19.1. The summed E-state index contributed by atoms with van der Waals surface area (Å²) in [7, 11) is 1.58. The molecule has 0 aliphatic carbocycles. The highest BCUT2D eigenvalue weighted by Crippen LogP contribution is 2.23. The lowest BCUT2D eigenvalue weighted by molar-refractivity contribution is 0.197. The number of nitrogens with one attached hydrogen (secondary N) is 1. The molecule has 1 amide bonds. The molecule has 0 bridgehead atoms. The summed E-state index contributed by atoms with van der Waals surface area (Å²) in [6, 6.07) is 5.71. The van der Waals surface area contributed by atoms with Gasteiger partial charge in [0.1, 0.15) is 5.75 Å². The number of nitrogens with zero attached hydrogens (tertiary/aromatic N) is 1. The topological polar surface area (TPSA) is 60.5 Å². The van der Waals surface area contributed by atoms with Crippen LogP contribution in [0.1, 0.15) is 16.8 Å². The zero-order valence-electron chi connectivity index (χ0n) is 12.6. The fourth-order valence-electron chi connectivity index (χ4n) is 2.07. The minimum Gasteiger partial charge on any atom is -0.496 e. The zero-order valence-corrected chi connectivity index (χ0v) is 12.6. The van der Waals surface area contributed by atoms with Crippen LogP contribution in [0.2, 0.25) is 0 Å². The Labute approximate surface area is 128 Å². The molecule has 1 aromatic heterocycles. The van der Waals surface area contributed by atoms with Crippen LogP contribution in [0.5, 0.6) is 11.5 Å². The van der Waals surface area contributed by atoms with Crippen molar-refractivity contribution in [2.45, 2.75) is 20.4 Å². The molecule has 0 spiro atoms. The summed E-state index contributed by atoms with van der Waals surface area (Å²) in [4.78, 5) is 16.0. The van der Waals surface area contributed by atoms with E-state index >= 15 is 0 Å². The minimum absolute atomic E-state index is 0.119. The number of halogens is 1. The predicted octanol–water partition coefficient (Wildman–Crippen LogP) is 3.13. The number of benzene rings is 1. The molecule has 0 aliphatic heterocycles. The molecule has 6 heteroatoms. The Balaban J connectivity index is 2.01. The van der Waals surface area contributed by atoms with Crippen molar-refractivity contribution < 1.29 is 18.7 Å². The van der Waals surface area contributed by atoms with Gasteiger partial charge in [0.2, 0.25) is 0 Å². The number of rotatable bonds is 4. The van der Waals surface area contributed by atoms with E-state index in [0.717, 1.165) is 16.9 Å². The minimum atomic E-state index is -0.745. The van der Waals surface area contributed by atoms with Crippen LogP contribution < -0.4 is 14.8 Å². The van der Waals surface area contributed by atoms with E-state index in [1.54, 1.807) is 19.4 Å². The van der Waals surface area contributed by atoms with Crippen LogP contribution in [0.4, 0.5) is 9.18 Å². The summed E-state index contributed by atoms with van der Waals surface area (Å²) < 4.78 is 23.6. The van der Waals surface area contributed by atoms with Crippen molar-refractivity contribution in [1.29, 1.82) is 0 Å². The van der Waals surface area contributed by atoms with Crippen LogP contribution in [-0.4, -0.2) is 18.2 Å². The summed E-state index contributed by atoms with van der Waals surface area (Å²) in [6.07, 6.45) is 0.927. The normalized spacial score (nSPS) is 10.2. The molecule has 1 heterocycles. The van der Waals surface area contributed by atoms with Gasteiger partial charge < -0.3 is 14.8 Å². The predicted molar refractivity (Wildman–Crippen MR) is 79.5 cm³/mol. The molecular formula is C16H17FN2O3. The third-order valence-corrected chi connectivity index (χ3v) is 3.19. The molecule has 2 rings (SSSR count). The number of ether oxygens (including phenoxy) is 2. The molecule has 0 unspecified atom stereocenters. The Kier molecular flexibility index (Phi) is 4.93. The van der Waals surface area contributed by atoms with Crippen molar-refractivity contribution in [3.8, 4) is 11.5 Å². The molecule has 0 atom stereocenters. The second-order valence-electron chi connectivity index (χ2n) is 4.72. The van der Waals surface area contributed by atoms with Crippen LogP contribution in [0.15, 0.2) is 30.5 Å². The van der Waals surface area contributed by atoms with Gasteiger partial charge in [-0.05, 0) is 26.0 Å². The van der Waals surface area contributed by atoms with Gasteiger partial charge in [0.25, 0.3) is 0 Å². The first-order chi connectivity index (χ1) is 10.5. The fourth-order valence-corrected chi connectivity index (χ4v) is 2.07. The average molecular weight is 304 g/mol. The van der Waals surface area contributed by atoms with E-state index in [4.69, 9.17) is 9.47 Å². The van der Waals surface area contributed by atoms with E-state index in [1.807, 2.05) is 13.8 Å². The van der Waals surface area contributed by atoms with E-state index in [2.05, 4.69) is 10.3 Å². The largest absolute Gasteiger partial charge is 0.496 e. The number of aromatic nitrogens is 1. The fraction of sp³-hybridized carbons (Fsp3) is 0.250. The van der Waals surface area contributed by atoms with Gasteiger partial charge in [-0.15, -0.1) is 0 Å². The Hall–Kier alpha value is -2.63. The molecule has 116 valence electrons. The molecule has 1 N–H and O–H groups in total.